The van der Waals surface area contributed by atoms with Crippen molar-refractivity contribution in [1.82, 2.24) is 0 Å². The molecule has 4 rings (SSSR count). The van der Waals surface area contributed by atoms with Gasteiger partial charge in [-0.1, -0.05) is 34.1 Å². The number of rotatable bonds is 2. The van der Waals surface area contributed by atoms with Gasteiger partial charge in [0.15, 0.2) is 0 Å². The molecule has 0 aromatic heterocycles. The van der Waals surface area contributed by atoms with E-state index in [0.717, 1.165) is 54.1 Å². The van der Waals surface area contributed by atoms with Gasteiger partial charge in [-0.25, -0.2) is 4.99 Å². The van der Waals surface area contributed by atoms with E-state index in [1.165, 1.54) is 0 Å². The van der Waals surface area contributed by atoms with Gasteiger partial charge in [0.1, 0.15) is 5.66 Å². The smallest absolute Gasteiger partial charge is 0.278 e. The Morgan fingerprint density at radius 2 is 1.65 bits per heavy atom. The fourth-order valence-electron chi connectivity index (χ4n) is 6.33. The second-order valence-electron chi connectivity index (χ2n) is 10.4. The Morgan fingerprint density at radius 1 is 1.06 bits per heavy atom. The number of anilines is 1. The van der Waals surface area contributed by atoms with Crippen molar-refractivity contribution < 1.29 is 4.92 Å². The van der Waals surface area contributed by atoms with Crippen molar-refractivity contribution in [2.45, 2.75) is 89.6 Å². The Bertz CT molecular complexity index is 1040. The highest BCUT2D eigenvalue weighted by Gasteiger charge is 2.52. The lowest BCUT2D eigenvalue weighted by molar-refractivity contribution is -0.386. The molecular formula is C22H31BrN6O2. The van der Waals surface area contributed by atoms with Gasteiger partial charge in [0.2, 0.25) is 11.9 Å². The highest BCUT2D eigenvalue weighted by Crippen LogP contribution is 2.59. The third kappa shape index (κ3) is 3.15. The molecular weight excluding hydrogens is 460 g/mol. The summed E-state index contributed by atoms with van der Waals surface area (Å²) < 4.78 is 0.847. The van der Waals surface area contributed by atoms with Crippen LogP contribution in [0.15, 0.2) is 14.5 Å². The number of fused-ring (bicyclic) bond motifs is 1. The van der Waals surface area contributed by atoms with E-state index in [9.17, 15) is 10.1 Å². The average Bonchev–Trinajstić information content (AvgIpc) is 2.81. The first kappa shape index (κ1) is 22.0. The number of nitrogens with two attached hydrogens (primary N) is 2. The number of hydrogen-bond acceptors (Lipinski definition) is 7. The Hall–Kier alpha value is -2.16. The molecule has 0 unspecified atom stereocenters. The van der Waals surface area contributed by atoms with E-state index >= 15 is 0 Å². The molecule has 9 heteroatoms. The summed E-state index contributed by atoms with van der Waals surface area (Å²) in [7, 11) is 0. The summed E-state index contributed by atoms with van der Waals surface area (Å²) in [5.41, 5.74) is 14.5. The number of nitro groups is 1. The van der Waals surface area contributed by atoms with E-state index in [1.54, 1.807) is 0 Å². The topological polar surface area (TPSA) is 123 Å². The van der Waals surface area contributed by atoms with Crippen molar-refractivity contribution in [3.05, 3.63) is 31.3 Å². The molecule has 1 aromatic carbocycles. The highest BCUT2D eigenvalue weighted by atomic mass is 79.9. The van der Waals surface area contributed by atoms with Crippen molar-refractivity contribution in [3.63, 3.8) is 0 Å². The van der Waals surface area contributed by atoms with Crippen molar-refractivity contribution in [3.8, 4) is 0 Å². The molecule has 4 N–H and O–H groups in total. The van der Waals surface area contributed by atoms with E-state index < -0.39 is 5.66 Å². The van der Waals surface area contributed by atoms with Crippen LogP contribution >= 0.6 is 15.9 Å². The molecule has 1 heterocycles. The number of benzene rings is 1. The second kappa shape index (κ2) is 6.92. The molecule has 0 radical (unpaired) electrons. The standard InChI is InChI=1S/C22H31BrN6O2/c1-12-16(29(30)31)14-13(20(2,3)11-21(14,4)5)15(23)17(12)28-19(25)26-18(24)27-22(28)9-7-6-8-10-22/h6-11H2,1-5H3,(H4,24,25,26,27). The van der Waals surface area contributed by atoms with Crippen LogP contribution in [0.25, 0.3) is 0 Å². The lowest BCUT2D eigenvalue weighted by Crippen LogP contribution is -2.58. The lowest BCUT2D eigenvalue weighted by Gasteiger charge is -2.46. The zero-order chi connectivity index (χ0) is 22.9. The van der Waals surface area contributed by atoms with Crippen molar-refractivity contribution in [1.29, 1.82) is 0 Å². The van der Waals surface area contributed by atoms with Gasteiger partial charge in [-0.2, -0.15) is 4.99 Å². The minimum Gasteiger partial charge on any atom is -0.369 e. The molecule has 1 fully saturated rings. The first-order valence-electron chi connectivity index (χ1n) is 10.8. The molecule has 3 aliphatic rings. The van der Waals surface area contributed by atoms with E-state index in [0.29, 0.717) is 11.3 Å². The maximum atomic E-state index is 12.4. The third-order valence-corrected chi connectivity index (χ3v) is 7.89. The van der Waals surface area contributed by atoms with Gasteiger partial charge in [-0.05, 0) is 71.4 Å². The van der Waals surface area contributed by atoms with Crippen LogP contribution in [0.2, 0.25) is 0 Å². The van der Waals surface area contributed by atoms with Crippen molar-refractivity contribution >= 4 is 39.2 Å². The monoisotopic (exact) mass is 490 g/mol. The average molecular weight is 491 g/mol. The Morgan fingerprint density at radius 3 is 2.23 bits per heavy atom. The third-order valence-electron chi connectivity index (χ3n) is 7.12. The SMILES string of the molecule is Cc1c(N2C(N)=NC(N)=NC23CCCCC3)c(Br)c2c(c1[N+](=O)[O-])C(C)(C)CC2(C)C. The van der Waals surface area contributed by atoms with E-state index in [4.69, 9.17) is 16.5 Å². The van der Waals surface area contributed by atoms with Crippen LogP contribution in [0.5, 0.6) is 0 Å². The lowest BCUT2D eigenvalue weighted by atomic mass is 9.81. The van der Waals surface area contributed by atoms with Gasteiger partial charge < -0.3 is 11.5 Å². The minimum absolute atomic E-state index is 0.168. The fourth-order valence-corrected chi connectivity index (χ4v) is 7.54. The maximum Gasteiger partial charge on any atom is 0.278 e. The minimum atomic E-state index is -0.665. The van der Waals surface area contributed by atoms with Crippen LogP contribution in [-0.4, -0.2) is 22.5 Å². The first-order valence-corrected chi connectivity index (χ1v) is 11.6. The molecule has 168 valence electrons. The number of guanidine groups is 2. The second-order valence-corrected chi connectivity index (χ2v) is 11.2. The molecule has 8 nitrogen and oxygen atoms in total. The summed E-state index contributed by atoms with van der Waals surface area (Å²) in [6, 6.07) is 0. The molecule has 0 amide bonds. The number of halogens is 1. The van der Waals surface area contributed by atoms with Gasteiger partial charge in [0.05, 0.1) is 16.2 Å². The van der Waals surface area contributed by atoms with Gasteiger partial charge in [-0.15, -0.1) is 0 Å². The molecule has 31 heavy (non-hydrogen) atoms. The number of nitro benzene ring substituents is 1. The summed E-state index contributed by atoms with van der Waals surface area (Å²) in [5.74, 6) is 0.407. The molecule has 0 atom stereocenters. The number of aliphatic imine (C=N–C) groups is 2. The molecule has 2 aliphatic carbocycles. The Labute approximate surface area is 191 Å². The van der Waals surface area contributed by atoms with Gasteiger partial charge >= 0.3 is 0 Å². The summed E-state index contributed by atoms with van der Waals surface area (Å²) in [4.78, 5) is 23.1. The summed E-state index contributed by atoms with van der Waals surface area (Å²) in [5, 5.41) is 12.4. The van der Waals surface area contributed by atoms with Crippen LogP contribution in [0.4, 0.5) is 11.4 Å². The van der Waals surface area contributed by atoms with Crippen LogP contribution in [-0.2, 0) is 10.8 Å². The molecule has 0 saturated heterocycles. The van der Waals surface area contributed by atoms with Gasteiger partial charge in [-0.3, -0.25) is 15.0 Å². The Kier molecular flexibility index (Phi) is 4.92. The predicted molar refractivity (Wildman–Crippen MR) is 128 cm³/mol. The Balaban J connectivity index is 2.08. The van der Waals surface area contributed by atoms with Gasteiger partial charge in [0.25, 0.3) is 5.69 Å². The van der Waals surface area contributed by atoms with Crippen LogP contribution in [0, 0.1) is 17.0 Å². The van der Waals surface area contributed by atoms with Crippen LogP contribution in [0.1, 0.15) is 82.9 Å². The van der Waals surface area contributed by atoms with E-state index in [1.807, 2.05) is 11.8 Å². The molecule has 1 spiro atoms. The van der Waals surface area contributed by atoms with Gasteiger partial charge in [0, 0.05) is 10.0 Å². The summed E-state index contributed by atoms with van der Waals surface area (Å²) in [6.45, 7) is 10.3. The summed E-state index contributed by atoms with van der Waals surface area (Å²) in [6.07, 6.45) is 5.46. The summed E-state index contributed by atoms with van der Waals surface area (Å²) >= 11 is 3.87. The molecule has 0 bridgehead atoms. The van der Waals surface area contributed by atoms with E-state index in [2.05, 4.69) is 48.6 Å². The van der Waals surface area contributed by atoms with Crippen LogP contribution < -0.4 is 16.4 Å². The quantitative estimate of drug-likeness (QED) is 0.457. The largest absolute Gasteiger partial charge is 0.369 e. The molecule has 1 aromatic rings. The first-order chi connectivity index (χ1) is 14.3. The highest BCUT2D eigenvalue weighted by molar-refractivity contribution is 9.10. The number of hydrogen-bond donors (Lipinski definition) is 2. The molecule has 1 saturated carbocycles. The fraction of sp³-hybridized carbons (Fsp3) is 0.636. The van der Waals surface area contributed by atoms with E-state index in [-0.39, 0.29) is 33.4 Å². The van der Waals surface area contributed by atoms with Crippen molar-refractivity contribution in [2.75, 3.05) is 4.90 Å². The molecule has 1 aliphatic heterocycles. The zero-order valence-corrected chi connectivity index (χ0v) is 20.5. The van der Waals surface area contributed by atoms with Crippen molar-refractivity contribution in [2.24, 2.45) is 21.5 Å². The maximum absolute atomic E-state index is 12.4. The number of nitrogens with zero attached hydrogens (tertiary/aromatic N) is 4. The zero-order valence-electron chi connectivity index (χ0n) is 18.9. The predicted octanol–water partition coefficient (Wildman–Crippen LogP) is 4.73. The van der Waals surface area contributed by atoms with Crippen LogP contribution in [0.3, 0.4) is 0 Å². The normalized spacial score (nSPS) is 23.4.